The van der Waals surface area contributed by atoms with Crippen LogP contribution < -0.4 is 0 Å². The molecular formula is C17H31NO3S. The molecule has 4 nitrogen and oxygen atoms in total. The Morgan fingerprint density at radius 1 is 1.32 bits per heavy atom. The Hall–Kier alpha value is -0.260. The standard InChI is InChI=1S/C17H31NO3S/c1-17(2,3)14-7-8-18(10-15(14)19)16(20)12-22-11-13-6-4-5-9-21-13/h13-15,19H,4-12H2,1-3H3/t13-,14+,15-/m0/s1. The highest BCUT2D eigenvalue weighted by Crippen LogP contribution is 2.34. The second-order valence-electron chi connectivity index (χ2n) is 7.67. The predicted molar refractivity (Wildman–Crippen MR) is 91.1 cm³/mol. The van der Waals surface area contributed by atoms with Crippen molar-refractivity contribution < 1.29 is 14.6 Å². The molecule has 0 aromatic heterocycles. The minimum absolute atomic E-state index is 0.0988. The number of hydrogen-bond acceptors (Lipinski definition) is 4. The Labute approximate surface area is 139 Å². The molecule has 22 heavy (non-hydrogen) atoms. The fraction of sp³-hybridized carbons (Fsp3) is 0.941. The summed E-state index contributed by atoms with van der Waals surface area (Å²) < 4.78 is 5.69. The van der Waals surface area contributed by atoms with Crippen LogP contribution in [0.5, 0.6) is 0 Å². The lowest BCUT2D eigenvalue weighted by Crippen LogP contribution is -2.50. The number of piperidine rings is 1. The third-order valence-electron chi connectivity index (χ3n) is 4.85. The summed E-state index contributed by atoms with van der Waals surface area (Å²) in [4.78, 5) is 14.1. The number of thioether (sulfide) groups is 1. The van der Waals surface area contributed by atoms with Crippen LogP contribution in [0, 0.1) is 11.3 Å². The average molecular weight is 330 g/mol. The SMILES string of the molecule is CC(C)(C)[C@@H]1CCN(C(=O)CSC[C@@H]2CCCCO2)C[C@@H]1O. The van der Waals surface area contributed by atoms with Crippen LogP contribution in [0.4, 0.5) is 0 Å². The summed E-state index contributed by atoms with van der Waals surface area (Å²) in [6.07, 6.45) is 4.35. The zero-order valence-corrected chi connectivity index (χ0v) is 15.0. The van der Waals surface area contributed by atoms with Crippen molar-refractivity contribution in [3.05, 3.63) is 0 Å². The van der Waals surface area contributed by atoms with Crippen molar-refractivity contribution in [1.82, 2.24) is 4.90 Å². The molecule has 1 amide bonds. The molecule has 0 saturated carbocycles. The highest BCUT2D eigenvalue weighted by atomic mass is 32.2. The van der Waals surface area contributed by atoms with Gasteiger partial charge >= 0.3 is 0 Å². The molecule has 0 unspecified atom stereocenters. The molecule has 5 heteroatoms. The van der Waals surface area contributed by atoms with Gasteiger partial charge in [0.2, 0.25) is 5.91 Å². The van der Waals surface area contributed by atoms with Gasteiger partial charge in [0.05, 0.1) is 18.0 Å². The molecule has 0 aromatic rings. The molecule has 0 bridgehead atoms. The fourth-order valence-electron chi connectivity index (χ4n) is 3.48. The number of likely N-dealkylation sites (tertiary alicyclic amines) is 1. The van der Waals surface area contributed by atoms with E-state index in [0.29, 0.717) is 18.4 Å². The van der Waals surface area contributed by atoms with Crippen molar-refractivity contribution in [1.29, 1.82) is 0 Å². The average Bonchev–Trinajstić information content (AvgIpc) is 2.46. The minimum atomic E-state index is -0.399. The molecule has 2 saturated heterocycles. The van der Waals surface area contributed by atoms with Gasteiger partial charge in [-0.25, -0.2) is 0 Å². The summed E-state index contributed by atoms with van der Waals surface area (Å²) in [7, 11) is 0. The zero-order valence-electron chi connectivity index (χ0n) is 14.2. The number of aliphatic hydroxyl groups is 1. The van der Waals surface area contributed by atoms with Gasteiger partial charge in [0.1, 0.15) is 0 Å². The summed E-state index contributed by atoms with van der Waals surface area (Å²) in [6.45, 7) is 8.63. The molecule has 2 fully saturated rings. The normalized spacial score (nSPS) is 30.4. The van der Waals surface area contributed by atoms with Crippen LogP contribution in [0.25, 0.3) is 0 Å². The first-order chi connectivity index (χ1) is 10.4. The number of rotatable bonds is 4. The molecule has 2 aliphatic heterocycles. The van der Waals surface area contributed by atoms with E-state index in [1.807, 2.05) is 4.90 Å². The lowest BCUT2D eigenvalue weighted by Gasteiger charge is -2.42. The van der Waals surface area contributed by atoms with Gasteiger partial charge in [-0.15, -0.1) is 11.8 Å². The van der Waals surface area contributed by atoms with Crippen LogP contribution in [-0.2, 0) is 9.53 Å². The number of carbonyl (C=O) groups excluding carboxylic acids is 1. The van der Waals surface area contributed by atoms with Gasteiger partial charge in [-0.1, -0.05) is 20.8 Å². The Morgan fingerprint density at radius 3 is 2.68 bits per heavy atom. The van der Waals surface area contributed by atoms with E-state index in [2.05, 4.69) is 20.8 Å². The molecular weight excluding hydrogens is 298 g/mol. The van der Waals surface area contributed by atoms with E-state index in [9.17, 15) is 9.90 Å². The van der Waals surface area contributed by atoms with Crippen LogP contribution in [-0.4, -0.2) is 59.3 Å². The van der Waals surface area contributed by atoms with Gasteiger partial charge in [-0.2, -0.15) is 0 Å². The zero-order chi connectivity index (χ0) is 16.2. The first-order valence-corrected chi connectivity index (χ1v) is 9.68. The molecule has 2 heterocycles. The van der Waals surface area contributed by atoms with Crippen LogP contribution in [0.3, 0.4) is 0 Å². The van der Waals surface area contributed by atoms with Crippen LogP contribution in [0.1, 0.15) is 46.5 Å². The summed E-state index contributed by atoms with van der Waals surface area (Å²) in [6, 6.07) is 0. The van der Waals surface area contributed by atoms with Gasteiger partial charge in [0.15, 0.2) is 0 Å². The lowest BCUT2D eigenvalue weighted by molar-refractivity contribution is -0.134. The Kier molecular flexibility index (Phi) is 6.59. The molecule has 0 radical (unpaired) electrons. The van der Waals surface area contributed by atoms with E-state index in [0.717, 1.165) is 31.7 Å². The number of nitrogens with zero attached hydrogens (tertiary/aromatic N) is 1. The molecule has 0 aliphatic carbocycles. The molecule has 0 spiro atoms. The monoisotopic (exact) mass is 329 g/mol. The first-order valence-electron chi connectivity index (χ1n) is 8.53. The van der Waals surface area contributed by atoms with E-state index in [1.54, 1.807) is 11.8 Å². The van der Waals surface area contributed by atoms with Crippen molar-refractivity contribution in [2.75, 3.05) is 31.2 Å². The third-order valence-corrected chi connectivity index (χ3v) is 5.91. The van der Waals surface area contributed by atoms with Gasteiger partial charge in [0, 0.05) is 25.4 Å². The highest BCUT2D eigenvalue weighted by Gasteiger charge is 2.36. The maximum absolute atomic E-state index is 12.3. The number of hydrogen-bond donors (Lipinski definition) is 1. The smallest absolute Gasteiger partial charge is 0.232 e. The van der Waals surface area contributed by atoms with E-state index in [1.165, 1.54) is 12.8 Å². The molecule has 1 N–H and O–H groups in total. The Bertz CT molecular complexity index is 363. The van der Waals surface area contributed by atoms with E-state index in [-0.39, 0.29) is 17.2 Å². The number of ether oxygens (including phenoxy) is 1. The maximum atomic E-state index is 12.3. The maximum Gasteiger partial charge on any atom is 0.232 e. The molecule has 2 rings (SSSR count). The number of carbonyl (C=O) groups is 1. The molecule has 2 aliphatic rings. The first kappa shape index (κ1) is 18.1. The molecule has 128 valence electrons. The van der Waals surface area contributed by atoms with Gasteiger partial charge in [0.25, 0.3) is 0 Å². The van der Waals surface area contributed by atoms with Crippen LogP contribution >= 0.6 is 11.8 Å². The predicted octanol–water partition coefficient (Wildman–Crippen LogP) is 2.54. The number of aliphatic hydroxyl groups excluding tert-OH is 1. The third kappa shape index (κ3) is 5.14. The van der Waals surface area contributed by atoms with E-state index in [4.69, 9.17) is 4.74 Å². The molecule has 0 aromatic carbocycles. The molecule has 3 atom stereocenters. The van der Waals surface area contributed by atoms with Crippen molar-refractivity contribution in [2.45, 2.75) is 58.7 Å². The van der Waals surface area contributed by atoms with Crippen LogP contribution in [0.15, 0.2) is 0 Å². The Morgan fingerprint density at radius 2 is 2.09 bits per heavy atom. The van der Waals surface area contributed by atoms with Gasteiger partial charge in [-0.3, -0.25) is 4.79 Å². The number of amides is 1. The second-order valence-corrected chi connectivity index (χ2v) is 8.70. The van der Waals surface area contributed by atoms with Crippen molar-refractivity contribution in [3.63, 3.8) is 0 Å². The topological polar surface area (TPSA) is 49.8 Å². The largest absolute Gasteiger partial charge is 0.391 e. The van der Waals surface area contributed by atoms with Gasteiger partial charge in [-0.05, 0) is 37.0 Å². The summed E-state index contributed by atoms with van der Waals surface area (Å²) in [5, 5.41) is 10.3. The summed E-state index contributed by atoms with van der Waals surface area (Å²) in [5.41, 5.74) is 0.0988. The van der Waals surface area contributed by atoms with Crippen molar-refractivity contribution >= 4 is 17.7 Å². The second kappa shape index (κ2) is 8.02. The van der Waals surface area contributed by atoms with Crippen molar-refractivity contribution in [2.24, 2.45) is 11.3 Å². The quantitative estimate of drug-likeness (QED) is 0.861. The Balaban J connectivity index is 1.70. The lowest BCUT2D eigenvalue weighted by atomic mass is 9.74. The highest BCUT2D eigenvalue weighted by molar-refractivity contribution is 7.99. The van der Waals surface area contributed by atoms with Crippen molar-refractivity contribution in [3.8, 4) is 0 Å². The van der Waals surface area contributed by atoms with E-state index < -0.39 is 6.10 Å². The fourth-order valence-corrected chi connectivity index (χ4v) is 4.48. The summed E-state index contributed by atoms with van der Waals surface area (Å²) in [5.74, 6) is 1.85. The number of β-amino-alcohol motifs (C(OH)–C–C–N with tert-alkyl or cyclic N) is 1. The van der Waals surface area contributed by atoms with E-state index >= 15 is 0 Å². The minimum Gasteiger partial charge on any atom is -0.391 e. The van der Waals surface area contributed by atoms with Gasteiger partial charge < -0.3 is 14.7 Å². The van der Waals surface area contributed by atoms with Crippen LogP contribution in [0.2, 0.25) is 0 Å². The summed E-state index contributed by atoms with van der Waals surface area (Å²) >= 11 is 1.67.